The van der Waals surface area contributed by atoms with Crippen LogP contribution in [0.2, 0.25) is 0 Å². The van der Waals surface area contributed by atoms with Crippen LogP contribution >= 0.6 is 0 Å². The van der Waals surface area contributed by atoms with Crippen molar-refractivity contribution in [3.05, 3.63) is 71.5 Å². The molecule has 25 heavy (non-hydrogen) atoms. The van der Waals surface area contributed by atoms with Gasteiger partial charge in [-0.1, -0.05) is 30.3 Å². The number of amides is 1. The maximum atomic E-state index is 13.3. The van der Waals surface area contributed by atoms with Gasteiger partial charge in [-0.05, 0) is 42.7 Å². The molecule has 2 N–H and O–H groups in total. The second kappa shape index (κ2) is 8.23. The summed E-state index contributed by atoms with van der Waals surface area (Å²) in [4.78, 5) is 14.3. The number of rotatable bonds is 5. The molecular formula is C20H23FN2O2. The summed E-state index contributed by atoms with van der Waals surface area (Å²) in [6, 6.07) is 15.4. The van der Waals surface area contributed by atoms with Crippen LogP contribution in [0.3, 0.4) is 0 Å². The lowest BCUT2D eigenvalue weighted by Gasteiger charge is -2.33. The number of likely N-dealkylation sites (tertiary alicyclic amines) is 1. The van der Waals surface area contributed by atoms with Gasteiger partial charge in [-0.3, -0.25) is 4.79 Å². The third-order valence-electron chi connectivity index (χ3n) is 4.62. The van der Waals surface area contributed by atoms with Crippen LogP contribution in [0.5, 0.6) is 0 Å². The zero-order chi connectivity index (χ0) is 17.6. The van der Waals surface area contributed by atoms with Gasteiger partial charge in [-0.15, -0.1) is 0 Å². The molecule has 0 bridgehead atoms. The SMILES string of the molecule is O=C(NC1CCN(C[C@@H](O)c2cccc(F)c2)CC1)c1ccccc1. The van der Waals surface area contributed by atoms with Gasteiger partial charge < -0.3 is 15.3 Å². The molecule has 0 aliphatic carbocycles. The number of aliphatic hydroxyl groups is 1. The molecule has 0 spiro atoms. The van der Waals surface area contributed by atoms with Crippen molar-refractivity contribution in [2.24, 2.45) is 0 Å². The van der Waals surface area contributed by atoms with Gasteiger partial charge in [-0.2, -0.15) is 0 Å². The van der Waals surface area contributed by atoms with Crippen LogP contribution in [-0.2, 0) is 0 Å². The molecule has 0 saturated carbocycles. The first-order valence-electron chi connectivity index (χ1n) is 8.63. The number of aliphatic hydroxyl groups excluding tert-OH is 1. The Kier molecular flexibility index (Phi) is 5.79. The number of nitrogens with zero attached hydrogens (tertiary/aromatic N) is 1. The number of benzene rings is 2. The minimum Gasteiger partial charge on any atom is -0.387 e. The molecule has 1 aliphatic heterocycles. The molecule has 132 valence electrons. The lowest BCUT2D eigenvalue weighted by Crippen LogP contribution is -2.45. The van der Waals surface area contributed by atoms with E-state index in [4.69, 9.17) is 0 Å². The van der Waals surface area contributed by atoms with Crippen LogP contribution in [-0.4, -0.2) is 41.6 Å². The van der Waals surface area contributed by atoms with Crippen molar-refractivity contribution in [2.75, 3.05) is 19.6 Å². The van der Waals surface area contributed by atoms with Crippen molar-refractivity contribution in [1.29, 1.82) is 0 Å². The first-order chi connectivity index (χ1) is 12.1. The zero-order valence-corrected chi connectivity index (χ0v) is 14.1. The van der Waals surface area contributed by atoms with Gasteiger partial charge in [0.2, 0.25) is 0 Å². The highest BCUT2D eigenvalue weighted by atomic mass is 19.1. The average Bonchev–Trinajstić information content (AvgIpc) is 2.64. The van der Waals surface area contributed by atoms with Crippen molar-refractivity contribution in [1.82, 2.24) is 10.2 Å². The van der Waals surface area contributed by atoms with E-state index < -0.39 is 6.10 Å². The number of carbonyl (C=O) groups excluding carboxylic acids is 1. The number of hydrogen-bond donors (Lipinski definition) is 2. The summed E-state index contributed by atoms with van der Waals surface area (Å²) >= 11 is 0. The van der Waals surface area contributed by atoms with E-state index in [1.54, 1.807) is 24.3 Å². The number of β-amino-alcohol motifs (C(OH)–C–C–N with tert-alkyl or cyclic N) is 1. The number of piperidine rings is 1. The molecule has 1 aliphatic rings. The van der Waals surface area contributed by atoms with Crippen LogP contribution in [0.25, 0.3) is 0 Å². The molecule has 5 heteroatoms. The van der Waals surface area contributed by atoms with Crippen LogP contribution in [0, 0.1) is 5.82 Å². The largest absolute Gasteiger partial charge is 0.387 e. The monoisotopic (exact) mass is 342 g/mol. The van der Waals surface area contributed by atoms with Crippen molar-refractivity contribution < 1.29 is 14.3 Å². The molecule has 2 aromatic carbocycles. The molecule has 0 aromatic heterocycles. The molecule has 1 heterocycles. The topological polar surface area (TPSA) is 52.6 Å². The molecule has 2 aromatic rings. The fraction of sp³-hybridized carbons (Fsp3) is 0.350. The lowest BCUT2D eigenvalue weighted by atomic mass is 10.0. The number of hydrogen-bond acceptors (Lipinski definition) is 3. The highest BCUT2D eigenvalue weighted by Gasteiger charge is 2.23. The Hall–Kier alpha value is -2.24. The van der Waals surface area contributed by atoms with Crippen molar-refractivity contribution >= 4 is 5.91 Å². The summed E-state index contributed by atoms with van der Waals surface area (Å²) in [7, 11) is 0. The van der Waals surface area contributed by atoms with Crippen LogP contribution < -0.4 is 5.32 Å². The average molecular weight is 342 g/mol. The predicted molar refractivity (Wildman–Crippen MR) is 94.7 cm³/mol. The number of nitrogens with one attached hydrogen (secondary N) is 1. The summed E-state index contributed by atoms with van der Waals surface area (Å²) in [5, 5.41) is 13.3. The Labute approximate surface area is 147 Å². The van der Waals surface area contributed by atoms with E-state index in [0.29, 0.717) is 17.7 Å². The third-order valence-corrected chi connectivity index (χ3v) is 4.62. The molecule has 0 unspecified atom stereocenters. The van der Waals surface area contributed by atoms with E-state index in [0.717, 1.165) is 25.9 Å². The Morgan fingerprint density at radius 1 is 1.16 bits per heavy atom. The normalized spacial score (nSPS) is 17.2. The lowest BCUT2D eigenvalue weighted by molar-refractivity contribution is 0.0827. The van der Waals surface area contributed by atoms with Gasteiger partial charge in [0.1, 0.15) is 5.82 Å². The minimum absolute atomic E-state index is 0.0427. The number of carbonyl (C=O) groups is 1. The molecule has 3 rings (SSSR count). The third kappa shape index (κ3) is 4.87. The highest BCUT2D eigenvalue weighted by molar-refractivity contribution is 5.94. The van der Waals surface area contributed by atoms with Gasteiger partial charge in [0.15, 0.2) is 0 Å². The van der Waals surface area contributed by atoms with Crippen LogP contribution in [0.4, 0.5) is 4.39 Å². The van der Waals surface area contributed by atoms with Crippen LogP contribution in [0.1, 0.15) is 34.9 Å². The van der Waals surface area contributed by atoms with E-state index in [2.05, 4.69) is 10.2 Å². The Morgan fingerprint density at radius 2 is 1.88 bits per heavy atom. The first kappa shape index (κ1) is 17.6. The number of halogens is 1. The van der Waals surface area contributed by atoms with Gasteiger partial charge in [0.25, 0.3) is 5.91 Å². The maximum Gasteiger partial charge on any atom is 0.251 e. The van der Waals surface area contributed by atoms with Crippen LogP contribution in [0.15, 0.2) is 54.6 Å². The Morgan fingerprint density at radius 3 is 2.56 bits per heavy atom. The summed E-state index contributed by atoms with van der Waals surface area (Å²) in [5.41, 5.74) is 1.27. The maximum absolute atomic E-state index is 13.3. The van der Waals surface area contributed by atoms with Crippen molar-refractivity contribution in [2.45, 2.75) is 25.0 Å². The van der Waals surface area contributed by atoms with Gasteiger partial charge in [0.05, 0.1) is 6.10 Å². The van der Waals surface area contributed by atoms with E-state index in [1.165, 1.54) is 12.1 Å². The van der Waals surface area contributed by atoms with Crippen molar-refractivity contribution in [3.63, 3.8) is 0 Å². The quantitative estimate of drug-likeness (QED) is 0.878. The molecule has 1 saturated heterocycles. The smallest absolute Gasteiger partial charge is 0.251 e. The van der Waals surface area contributed by atoms with E-state index >= 15 is 0 Å². The summed E-state index contributed by atoms with van der Waals surface area (Å²) < 4.78 is 13.3. The van der Waals surface area contributed by atoms with Gasteiger partial charge in [0, 0.05) is 31.2 Å². The molecule has 4 nitrogen and oxygen atoms in total. The van der Waals surface area contributed by atoms with E-state index in [9.17, 15) is 14.3 Å². The molecule has 0 radical (unpaired) electrons. The first-order valence-corrected chi connectivity index (χ1v) is 8.63. The molecule has 1 fully saturated rings. The Balaban J connectivity index is 1.46. The van der Waals surface area contributed by atoms with E-state index in [-0.39, 0.29) is 17.8 Å². The molecular weight excluding hydrogens is 319 g/mol. The molecule has 1 atom stereocenters. The minimum atomic E-state index is -0.703. The second-order valence-corrected chi connectivity index (χ2v) is 6.49. The Bertz CT molecular complexity index is 700. The summed E-state index contributed by atoms with van der Waals surface area (Å²) in [6.45, 7) is 2.07. The van der Waals surface area contributed by atoms with Gasteiger partial charge >= 0.3 is 0 Å². The zero-order valence-electron chi connectivity index (χ0n) is 14.1. The fourth-order valence-electron chi connectivity index (χ4n) is 3.18. The van der Waals surface area contributed by atoms with Gasteiger partial charge in [-0.25, -0.2) is 4.39 Å². The summed E-state index contributed by atoms with van der Waals surface area (Å²) in [6.07, 6.45) is 0.981. The predicted octanol–water partition coefficient (Wildman–Crippen LogP) is 2.75. The standard InChI is InChI=1S/C20H23FN2O2/c21-17-8-4-7-16(13-17)19(24)14-23-11-9-18(10-12-23)22-20(25)15-5-2-1-3-6-15/h1-8,13,18-19,24H,9-12,14H2,(H,22,25)/t19-/m1/s1. The second-order valence-electron chi connectivity index (χ2n) is 6.49. The van der Waals surface area contributed by atoms with Crippen molar-refractivity contribution in [3.8, 4) is 0 Å². The van der Waals surface area contributed by atoms with E-state index in [1.807, 2.05) is 18.2 Å². The highest BCUT2D eigenvalue weighted by Crippen LogP contribution is 2.18. The summed E-state index contributed by atoms with van der Waals surface area (Å²) in [5.74, 6) is -0.377. The fourth-order valence-corrected chi connectivity index (χ4v) is 3.18. The molecule has 1 amide bonds.